The van der Waals surface area contributed by atoms with E-state index < -0.39 is 23.5 Å². The first-order valence-corrected chi connectivity index (χ1v) is 7.54. The lowest BCUT2D eigenvalue weighted by Crippen LogP contribution is -2.52. The van der Waals surface area contributed by atoms with Crippen molar-refractivity contribution in [2.75, 3.05) is 0 Å². The van der Waals surface area contributed by atoms with E-state index in [4.69, 9.17) is 9.15 Å². The van der Waals surface area contributed by atoms with Crippen molar-refractivity contribution in [1.29, 1.82) is 5.26 Å². The Morgan fingerprint density at radius 2 is 1.78 bits per heavy atom. The van der Waals surface area contributed by atoms with Gasteiger partial charge in [-0.25, -0.2) is 4.79 Å². The van der Waals surface area contributed by atoms with Crippen molar-refractivity contribution in [2.24, 2.45) is 5.92 Å². The Kier molecular flexibility index (Phi) is 5.60. The molecule has 2 atom stereocenters. The topological polar surface area (TPSA) is 92.3 Å². The molecule has 1 rings (SSSR count). The summed E-state index contributed by atoms with van der Waals surface area (Å²) in [6, 6.07) is 2.08. The standard InChI is InChI=1S/C17H24N2O4/c1-9(2)17(7,8-18)19-15(20)13(6)23-16(21)14-10(3)11(4)22-12(14)5/h9,13H,1-7H3,(H,19,20). The molecule has 2 unspecified atom stereocenters. The number of rotatable bonds is 5. The van der Waals surface area contributed by atoms with Crippen LogP contribution in [0.1, 0.15) is 55.1 Å². The lowest BCUT2D eigenvalue weighted by Gasteiger charge is -2.28. The molecule has 6 heteroatoms. The van der Waals surface area contributed by atoms with Gasteiger partial charge in [-0.2, -0.15) is 5.26 Å². The maximum absolute atomic E-state index is 12.3. The third-order valence-electron chi connectivity index (χ3n) is 4.19. The van der Waals surface area contributed by atoms with Crippen LogP contribution in [-0.4, -0.2) is 23.5 Å². The maximum atomic E-state index is 12.3. The molecule has 1 aromatic rings. The predicted octanol–water partition coefficient (Wildman–Crippen LogP) is 2.80. The lowest BCUT2D eigenvalue weighted by atomic mass is 9.90. The maximum Gasteiger partial charge on any atom is 0.342 e. The van der Waals surface area contributed by atoms with Crippen LogP contribution < -0.4 is 5.32 Å². The van der Waals surface area contributed by atoms with Crippen molar-refractivity contribution in [3.8, 4) is 6.07 Å². The van der Waals surface area contributed by atoms with E-state index in [1.54, 1.807) is 27.7 Å². The van der Waals surface area contributed by atoms with Gasteiger partial charge in [0.05, 0.1) is 6.07 Å². The van der Waals surface area contributed by atoms with Crippen molar-refractivity contribution >= 4 is 11.9 Å². The molecule has 1 heterocycles. The zero-order valence-corrected chi connectivity index (χ0v) is 14.7. The number of ether oxygens (including phenoxy) is 1. The Balaban J connectivity index is 2.83. The summed E-state index contributed by atoms with van der Waals surface area (Å²) >= 11 is 0. The van der Waals surface area contributed by atoms with Crippen molar-refractivity contribution in [2.45, 2.75) is 60.1 Å². The van der Waals surface area contributed by atoms with Crippen molar-refractivity contribution in [3.63, 3.8) is 0 Å². The summed E-state index contributed by atoms with van der Waals surface area (Å²) in [4.78, 5) is 24.5. The molecule has 0 bridgehead atoms. The number of carbonyl (C=O) groups is 2. The summed E-state index contributed by atoms with van der Waals surface area (Å²) in [7, 11) is 0. The number of carbonyl (C=O) groups excluding carboxylic acids is 2. The highest BCUT2D eigenvalue weighted by molar-refractivity contribution is 5.94. The number of nitrogens with one attached hydrogen (secondary N) is 1. The molecule has 0 spiro atoms. The van der Waals surface area contributed by atoms with Crippen LogP contribution in [0.2, 0.25) is 0 Å². The van der Waals surface area contributed by atoms with Gasteiger partial charge in [0.15, 0.2) is 6.10 Å². The van der Waals surface area contributed by atoms with Crippen LogP contribution in [0, 0.1) is 38.0 Å². The monoisotopic (exact) mass is 320 g/mol. The average molecular weight is 320 g/mol. The van der Waals surface area contributed by atoms with Crippen LogP contribution in [0.5, 0.6) is 0 Å². The molecule has 1 amide bonds. The van der Waals surface area contributed by atoms with Gasteiger partial charge in [-0.15, -0.1) is 0 Å². The van der Waals surface area contributed by atoms with Crippen LogP contribution in [0.15, 0.2) is 4.42 Å². The van der Waals surface area contributed by atoms with Crippen LogP contribution in [0.3, 0.4) is 0 Å². The molecule has 0 saturated heterocycles. The molecule has 0 radical (unpaired) electrons. The van der Waals surface area contributed by atoms with Crippen LogP contribution in [0.25, 0.3) is 0 Å². The second-order valence-corrected chi connectivity index (χ2v) is 6.22. The highest BCUT2D eigenvalue weighted by atomic mass is 16.5. The lowest BCUT2D eigenvalue weighted by molar-refractivity contribution is -0.130. The van der Waals surface area contributed by atoms with E-state index in [1.807, 2.05) is 13.8 Å². The number of hydrogen-bond acceptors (Lipinski definition) is 5. The molecule has 0 aliphatic rings. The van der Waals surface area contributed by atoms with Gasteiger partial charge in [0, 0.05) is 5.56 Å². The van der Waals surface area contributed by atoms with Crippen molar-refractivity contribution in [1.82, 2.24) is 5.32 Å². The fourth-order valence-corrected chi connectivity index (χ4v) is 2.03. The second-order valence-electron chi connectivity index (χ2n) is 6.22. The van der Waals surface area contributed by atoms with E-state index in [2.05, 4.69) is 11.4 Å². The average Bonchev–Trinajstić information content (AvgIpc) is 2.71. The Morgan fingerprint density at radius 1 is 1.22 bits per heavy atom. The molecule has 0 aliphatic heterocycles. The number of aryl methyl sites for hydroxylation is 2. The summed E-state index contributed by atoms with van der Waals surface area (Å²) in [6.07, 6.45) is -1.01. The number of nitrogens with zero attached hydrogens (tertiary/aromatic N) is 1. The molecule has 23 heavy (non-hydrogen) atoms. The van der Waals surface area contributed by atoms with Crippen LogP contribution in [0.4, 0.5) is 0 Å². The highest BCUT2D eigenvalue weighted by Gasteiger charge is 2.33. The van der Waals surface area contributed by atoms with E-state index in [1.165, 1.54) is 6.92 Å². The first-order valence-electron chi connectivity index (χ1n) is 7.54. The highest BCUT2D eigenvalue weighted by Crippen LogP contribution is 2.22. The molecule has 0 saturated carbocycles. The number of esters is 1. The van der Waals surface area contributed by atoms with Crippen LogP contribution >= 0.6 is 0 Å². The van der Waals surface area contributed by atoms with Crippen molar-refractivity contribution in [3.05, 3.63) is 22.6 Å². The third kappa shape index (κ3) is 3.92. The minimum atomic E-state index is -1.02. The molecule has 1 N–H and O–H groups in total. The molecule has 0 aliphatic carbocycles. The van der Waals surface area contributed by atoms with Gasteiger partial charge in [-0.1, -0.05) is 13.8 Å². The SMILES string of the molecule is Cc1oc(C)c(C(=O)OC(C)C(=O)NC(C)(C#N)C(C)C)c1C. The molecule has 0 aromatic carbocycles. The van der Waals surface area contributed by atoms with Gasteiger partial charge in [-0.3, -0.25) is 4.79 Å². The Bertz CT molecular complexity index is 654. The van der Waals surface area contributed by atoms with E-state index in [0.29, 0.717) is 22.6 Å². The normalized spacial score (nSPS) is 14.7. The predicted molar refractivity (Wildman–Crippen MR) is 84.8 cm³/mol. The second kappa shape index (κ2) is 6.86. The van der Waals surface area contributed by atoms with E-state index >= 15 is 0 Å². The number of hydrogen-bond donors (Lipinski definition) is 1. The van der Waals surface area contributed by atoms with Crippen molar-refractivity contribution < 1.29 is 18.7 Å². The minimum Gasteiger partial charge on any atom is -0.465 e. The summed E-state index contributed by atoms with van der Waals surface area (Å²) < 4.78 is 10.6. The molecule has 0 fully saturated rings. The quantitative estimate of drug-likeness (QED) is 0.842. The van der Waals surface area contributed by atoms with Gasteiger partial charge < -0.3 is 14.5 Å². The van der Waals surface area contributed by atoms with Gasteiger partial charge >= 0.3 is 5.97 Å². The van der Waals surface area contributed by atoms with Gasteiger partial charge in [0.2, 0.25) is 0 Å². The molecule has 1 aromatic heterocycles. The largest absolute Gasteiger partial charge is 0.465 e. The fourth-order valence-electron chi connectivity index (χ4n) is 2.03. The summed E-state index contributed by atoms with van der Waals surface area (Å²) in [5, 5.41) is 11.9. The smallest absolute Gasteiger partial charge is 0.342 e. The molecular formula is C17H24N2O4. The van der Waals surface area contributed by atoms with E-state index in [0.717, 1.165) is 0 Å². The zero-order valence-electron chi connectivity index (χ0n) is 14.7. The van der Waals surface area contributed by atoms with Gasteiger partial charge in [0.25, 0.3) is 5.91 Å². The molecule has 126 valence electrons. The van der Waals surface area contributed by atoms with Crippen LogP contribution in [-0.2, 0) is 9.53 Å². The summed E-state index contributed by atoms with van der Waals surface area (Å²) in [6.45, 7) is 12.0. The number of amides is 1. The third-order valence-corrected chi connectivity index (χ3v) is 4.19. The van der Waals surface area contributed by atoms with Gasteiger partial charge in [-0.05, 0) is 40.5 Å². The number of nitriles is 1. The molecular weight excluding hydrogens is 296 g/mol. The first kappa shape index (κ1) is 18.8. The Hall–Kier alpha value is -2.29. The number of furan rings is 1. The fraction of sp³-hybridized carbons (Fsp3) is 0.588. The van der Waals surface area contributed by atoms with Gasteiger partial charge in [0.1, 0.15) is 22.6 Å². The summed E-state index contributed by atoms with van der Waals surface area (Å²) in [5.74, 6) is -0.0974. The first-order chi connectivity index (χ1) is 10.5. The minimum absolute atomic E-state index is 0.0830. The summed E-state index contributed by atoms with van der Waals surface area (Å²) in [5.41, 5.74) is 0.0220. The molecule has 6 nitrogen and oxygen atoms in total. The Labute approximate surface area is 136 Å². The van der Waals surface area contributed by atoms with E-state index in [-0.39, 0.29) is 5.92 Å². The van der Waals surface area contributed by atoms with E-state index in [9.17, 15) is 14.9 Å². The zero-order chi connectivity index (χ0) is 17.9. The Morgan fingerprint density at radius 3 is 2.17 bits per heavy atom.